The maximum absolute atomic E-state index is 12.0. The zero-order valence-electron chi connectivity index (χ0n) is 17.8. The van der Waals surface area contributed by atoms with Crippen molar-refractivity contribution in [2.24, 2.45) is 10.1 Å². The average molecular weight is 553 g/mol. The molecule has 1 aromatic carbocycles. The number of hydrogen-bond donors (Lipinski definition) is 3. The molecule has 2 rings (SSSR count). The summed E-state index contributed by atoms with van der Waals surface area (Å²) in [6.45, 7) is 9.99. The van der Waals surface area contributed by atoms with E-state index in [0.717, 1.165) is 24.5 Å². The Morgan fingerprint density at radius 1 is 1.30 bits per heavy atom. The summed E-state index contributed by atoms with van der Waals surface area (Å²) in [6.07, 6.45) is 0.383. The van der Waals surface area contributed by atoms with Crippen molar-refractivity contribution < 1.29 is 17.9 Å². The van der Waals surface area contributed by atoms with Gasteiger partial charge in [-0.25, -0.2) is 23.3 Å². The summed E-state index contributed by atoms with van der Waals surface area (Å²) in [6, 6.07) is 6.34. The predicted molar refractivity (Wildman–Crippen MR) is 127 cm³/mol. The van der Waals surface area contributed by atoms with Gasteiger partial charge < -0.3 is 20.3 Å². The monoisotopic (exact) mass is 553 g/mol. The largest absolute Gasteiger partial charge is 0.444 e. The van der Waals surface area contributed by atoms with Crippen LogP contribution < -0.4 is 15.8 Å². The number of sulfonamides is 1. The molecule has 1 unspecified atom stereocenters. The molecule has 0 radical (unpaired) electrons. The highest BCUT2D eigenvalue weighted by atomic mass is 127. The Balaban J connectivity index is 0.00000450. The number of likely N-dealkylation sites (tertiary alicyclic amines) is 1. The Morgan fingerprint density at radius 3 is 2.47 bits per heavy atom. The van der Waals surface area contributed by atoms with Crippen LogP contribution in [0.1, 0.15) is 39.7 Å². The number of nitrogens with zero attached hydrogens (tertiary/aromatic N) is 2. The molecule has 0 aromatic heterocycles. The first kappa shape index (κ1) is 26.4. The first-order valence-electron chi connectivity index (χ1n) is 9.62. The molecule has 1 amide bonds. The van der Waals surface area contributed by atoms with Gasteiger partial charge in [-0.2, -0.15) is 0 Å². The summed E-state index contributed by atoms with van der Waals surface area (Å²) in [5, 5.41) is 11.3. The molecule has 30 heavy (non-hydrogen) atoms. The van der Waals surface area contributed by atoms with Crippen LogP contribution in [-0.4, -0.2) is 56.6 Å². The minimum absolute atomic E-state index is 0. The molecule has 11 heteroatoms. The molecule has 1 fully saturated rings. The fourth-order valence-corrected chi connectivity index (χ4v) is 3.44. The van der Waals surface area contributed by atoms with Gasteiger partial charge in [0, 0.05) is 19.6 Å². The number of halogens is 1. The zero-order chi connectivity index (χ0) is 21.7. The number of primary sulfonamides is 1. The third-order valence-corrected chi connectivity index (χ3v) is 5.14. The van der Waals surface area contributed by atoms with Gasteiger partial charge >= 0.3 is 6.09 Å². The topological polar surface area (TPSA) is 126 Å². The van der Waals surface area contributed by atoms with Crippen molar-refractivity contribution in [1.29, 1.82) is 0 Å². The minimum Gasteiger partial charge on any atom is -0.444 e. The van der Waals surface area contributed by atoms with E-state index in [0.29, 0.717) is 19.6 Å². The molecule has 4 N–H and O–H groups in total. The van der Waals surface area contributed by atoms with Gasteiger partial charge in [-0.05, 0) is 51.8 Å². The van der Waals surface area contributed by atoms with E-state index in [9.17, 15) is 13.2 Å². The van der Waals surface area contributed by atoms with Crippen LogP contribution in [0.4, 0.5) is 4.79 Å². The molecule has 0 bridgehead atoms. The Hall–Kier alpha value is -1.60. The summed E-state index contributed by atoms with van der Waals surface area (Å²) in [4.78, 5) is 18.8. The zero-order valence-corrected chi connectivity index (χ0v) is 21.0. The molecule has 0 spiro atoms. The van der Waals surface area contributed by atoms with Crippen molar-refractivity contribution in [2.45, 2.75) is 57.2 Å². The van der Waals surface area contributed by atoms with Crippen molar-refractivity contribution in [3.8, 4) is 0 Å². The van der Waals surface area contributed by atoms with Crippen LogP contribution in [0.5, 0.6) is 0 Å². The first-order valence-corrected chi connectivity index (χ1v) is 11.2. The molecule has 170 valence electrons. The predicted octanol–water partition coefficient (Wildman–Crippen LogP) is 2.02. The lowest BCUT2D eigenvalue weighted by molar-refractivity contribution is 0.0507. The van der Waals surface area contributed by atoms with Gasteiger partial charge in [0.25, 0.3) is 0 Å². The standard InChI is InChI=1S/C19H31N5O4S.HI/c1-5-21-17(22-12-14-6-8-16(9-7-14)29(20,26)27)24-11-10-15(13-24)23-18(25)28-19(2,3)4;/h6-9,15H,5,10-13H2,1-4H3,(H,21,22)(H,23,25)(H2,20,26,27);1H. The summed E-state index contributed by atoms with van der Waals surface area (Å²) >= 11 is 0. The van der Waals surface area contributed by atoms with Crippen LogP contribution in [0.2, 0.25) is 0 Å². The fraction of sp³-hybridized carbons (Fsp3) is 0.579. The average Bonchev–Trinajstić information content (AvgIpc) is 3.04. The van der Waals surface area contributed by atoms with E-state index < -0.39 is 21.7 Å². The second-order valence-corrected chi connectivity index (χ2v) is 9.50. The molecular weight excluding hydrogens is 521 g/mol. The summed E-state index contributed by atoms with van der Waals surface area (Å²) in [7, 11) is -3.70. The molecule has 1 atom stereocenters. The quantitative estimate of drug-likeness (QED) is 0.291. The van der Waals surface area contributed by atoms with Gasteiger partial charge in [-0.1, -0.05) is 12.1 Å². The number of aliphatic imine (C=N–C) groups is 1. The van der Waals surface area contributed by atoms with E-state index in [1.165, 1.54) is 12.1 Å². The number of carbonyl (C=O) groups excluding carboxylic acids is 1. The molecule has 1 aliphatic heterocycles. The number of rotatable bonds is 5. The smallest absolute Gasteiger partial charge is 0.407 e. The van der Waals surface area contributed by atoms with Crippen LogP contribution in [0.15, 0.2) is 34.2 Å². The number of ether oxygens (including phenoxy) is 1. The number of alkyl carbamates (subject to hydrolysis) is 1. The van der Waals surface area contributed by atoms with Crippen LogP contribution >= 0.6 is 24.0 Å². The molecule has 0 saturated carbocycles. The van der Waals surface area contributed by atoms with Crippen molar-refractivity contribution in [3.05, 3.63) is 29.8 Å². The molecule has 1 saturated heterocycles. The van der Waals surface area contributed by atoms with E-state index >= 15 is 0 Å². The van der Waals surface area contributed by atoms with E-state index in [1.807, 2.05) is 27.7 Å². The number of guanidine groups is 1. The highest BCUT2D eigenvalue weighted by Gasteiger charge is 2.27. The van der Waals surface area contributed by atoms with Crippen LogP contribution in [0.25, 0.3) is 0 Å². The first-order chi connectivity index (χ1) is 13.5. The summed E-state index contributed by atoms with van der Waals surface area (Å²) in [5.41, 5.74) is 0.341. The SMILES string of the molecule is CCNC(=NCc1ccc(S(N)(=O)=O)cc1)N1CCC(NC(=O)OC(C)(C)C)C1.I. The molecule has 0 aliphatic carbocycles. The van der Waals surface area contributed by atoms with E-state index in [4.69, 9.17) is 9.88 Å². The van der Waals surface area contributed by atoms with Crippen molar-refractivity contribution >= 4 is 46.1 Å². The third-order valence-electron chi connectivity index (χ3n) is 4.21. The van der Waals surface area contributed by atoms with E-state index in [1.54, 1.807) is 12.1 Å². The number of nitrogens with one attached hydrogen (secondary N) is 2. The van der Waals surface area contributed by atoms with Crippen molar-refractivity contribution in [3.63, 3.8) is 0 Å². The molecule has 9 nitrogen and oxygen atoms in total. The lowest BCUT2D eigenvalue weighted by Gasteiger charge is -2.23. The van der Waals surface area contributed by atoms with Crippen LogP contribution in [-0.2, 0) is 21.3 Å². The Kier molecular flexibility index (Phi) is 9.82. The van der Waals surface area contributed by atoms with Gasteiger partial charge in [0.15, 0.2) is 5.96 Å². The van der Waals surface area contributed by atoms with Crippen molar-refractivity contribution in [2.75, 3.05) is 19.6 Å². The molecule has 1 aliphatic rings. The fourth-order valence-electron chi connectivity index (χ4n) is 2.92. The number of carbonyl (C=O) groups is 1. The van der Waals surface area contributed by atoms with Gasteiger partial charge in [0.05, 0.1) is 17.5 Å². The van der Waals surface area contributed by atoms with Crippen LogP contribution in [0.3, 0.4) is 0 Å². The number of amides is 1. The minimum atomic E-state index is -3.70. The number of hydrogen-bond acceptors (Lipinski definition) is 5. The summed E-state index contributed by atoms with van der Waals surface area (Å²) in [5.74, 6) is 0.747. The molecule has 1 aromatic rings. The number of benzene rings is 1. The number of nitrogens with two attached hydrogens (primary N) is 1. The third kappa shape index (κ3) is 8.64. The second-order valence-electron chi connectivity index (χ2n) is 7.94. The van der Waals surface area contributed by atoms with E-state index in [-0.39, 0.29) is 34.9 Å². The van der Waals surface area contributed by atoms with Gasteiger partial charge in [0.2, 0.25) is 10.0 Å². The van der Waals surface area contributed by atoms with Gasteiger partial charge in [-0.15, -0.1) is 24.0 Å². The maximum Gasteiger partial charge on any atom is 0.407 e. The highest BCUT2D eigenvalue weighted by molar-refractivity contribution is 14.0. The normalized spacial score (nSPS) is 17.3. The van der Waals surface area contributed by atoms with E-state index in [2.05, 4.69) is 20.5 Å². The molecular formula is C19H32IN5O4S. The Bertz CT molecular complexity index is 837. The maximum atomic E-state index is 12.0. The van der Waals surface area contributed by atoms with Gasteiger partial charge in [-0.3, -0.25) is 0 Å². The van der Waals surface area contributed by atoms with Crippen molar-refractivity contribution in [1.82, 2.24) is 15.5 Å². The second kappa shape index (κ2) is 11.1. The lowest BCUT2D eigenvalue weighted by atomic mass is 10.2. The highest BCUT2D eigenvalue weighted by Crippen LogP contribution is 2.13. The lowest BCUT2D eigenvalue weighted by Crippen LogP contribution is -2.44. The Morgan fingerprint density at radius 2 is 1.93 bits per heavy atom. The Labute approximate surface area is 195 Å². The van der Waals surface area contributed by atoms with Gasteiger partial charge in [0.1, 0.15) is 5.60 Å². The summed E-state index contributed by atoms with van der Waals surface area (Å²) < 4.78 is 28.0. The molecule has 1 heterocycles. The van der Waals surface area contributed by atoms with Crippen LogP contribution in [0, 0.1) is 0 Å².